The summed E-state index contributed by atoms with van der Waals surface area (Å²) in [5.74, 6) is -8.94. The molecule has 16 nitrogen and oxygen atoms in total. The predicted molar refractivity (Wildman–Crippen MR) is 283 cm³/mol. The summed E-state index contributed by atoms with van der Waals surface area (Å²) in [5, 5.41) is 22.6. The Hall–Kier alpha value is -4.23. The number of carbonyl (C=O) groups is 6. The molecule has 0 aromatic carbocycles. The van der Waals surface area contributed by atoms with Crippen molar-refractivity contribution in [3.63, 3.8) is 0 Å². The third-order valence-corrected chi connectivity index (χ3v) is 17.3. The van der Waals surface area contributed by atoms with E-state index >= 15 is 0 Å². The number of thiazole rings is 1. The molecule has 0 radical (unpaired) electrons. The Balaban J connectivity index is 1.54. The number of ether oxygens (including phenoxy) is 6. The molecule has 4 heterocycles. The number of allylic oxidation sites excluding steroid dienone is 6. The second-order valence-electron chi connectivity index (χ2n) is 22.0. The van der Waals surface area contributed by atoms with Gasteiger partial charge in [0.25, 0.3) is 11.7 Å². The molecule has 4 aliphatic rings. The molecule has 75 heavy (non-hydrogen) atoms. The number of esters is 2. The number of piperidine rings is 1. The van der Waals surface area contributed by atoms with E-state index < -0.39 is 89.8 Å². The molecule has 0 unspecified atom stereocenters. The van der Waals surface area contributed by atoms with Crippen molar-refractivity contribution >= 4 is 46.5 Å². The molecule has 1 amide bonds. The Morgan fingerprint density at radius 1 is 0.880 bits per heavy atom. The summed E-state index contributed by atoms with van der Waals surface area (Å²) < 4.78 is 37.9. The van der Waals surface area contributed by atoms with Gasteiger partial charge in [0.2, 0.25) is 17.8 Å². The van der Waals surface area contributed by atoms with Crippen LogP contribution in [0, 0.1) is 49.4 Å². The van der Waals surface area contributed by atoms with Crippen molar-refractivity contribution in [2.45, 2.75) is 200 Å². The van der Waals surface area contributed by atoms with Gasteiger partial charge in [-0.05, 0) is 114 Å². The molecule has 2 saturated heterocycles. The molecule has 2 bridgehead atoms. The van der Waals surface area contributed by atoms with Crippen molar-refractivity contribution in [1.29, 1.82) is 0 Å². The van der Waals surface area contributed by atoms with E-state index in [-0.39, 0.29) is 61.4 Å². The van der Waals surface area contributed by atoms with E-state index in [0.29, 0.717) is 69.8 Å². The number of aromatic nitrogens is 1. The lowest BCUT2D eigenvalue weighted by atomic mass is 9.78. The van der Waals surface area contributed by atoms with Crippen LogP contribution in [0.15, 0.2) is 53.1 Å². The predicted octanol–water partition coefficient (Wildman–Crippen LogP) is 7.40. The summed E-state index contributed by atoms with van der Waals surface area (Å²) in [6, 6.07) is -1.17. The number of cyclic esters (lactones) is 1. The van der Waals surface area contributed by atoms with Crippen LogP contribution in [0.3, 0.4) is 0 Å². The molecule has 2 N–H and O–H groups in total. The summed E-state index contributed by atoms with van der Waals surface area (Å²) in [6.45, 7) is 16.6. The van der Waals surface area contributed by atoms with Crippen molar-refractivity contribution in [2.24, 2.45) is 35.5 Å². The normalized spacial score (nSPS) is 36.5. The minimum Gasteiger partial charge on any atom is -0.460 e. The van der Waals surface area contributed by atoms with Crippen LogP contribution >= 0.6 is 11.3 Å². The number of ketones is 3. The number of nitrogens with zero attached hydrogens (tertiary/aromatic N) is 2. The van der Waals surface area contributed by atoms with Crippen LogP contribution in [0.1, 0.15) is 136 Å². The topological polar surface area (TPSA) is 205 Å². The van der Waals surface area contributed by atoms with Crippen molar-refractivity contribution in [1.82, 2.24) is 4.90 Å². The summed E-state index contributed by atoms with van der Waals surface area (Å²) in [7, 11) is 4.54. The zero-order valence-electron chi connectivity index (χ0n) is 46.6. The van der Waals surface area contributed by atoms with Gasteiger partial charge in [-0.15, -0.1) is 0 Å². The summed E-state index contributed by atoms with van der Waals surface area (Å²) in [5.41, 5.74) is 4.04. The van der Waals surface area contributed by atoms with Crippen LogP contribution in [0.4, 0.5) is 0 Å². The molecule has 5 rings (SSSR count). The second-order valence-corrected chi connectivity index (χ2v) is 23.1. The lowest BCUT2D eigenvalue weighted by Gasteiger charge is -2.42. The van der Waals surface area contributed by atoms with Crippen molar-refractivity contribution in [3.05, 3.63) is 63.7 Å². The number of hydrogen-bond donors (Lipinski definition) is 2. The fourth-order valence-corrected chi connectivity index (χ4v) is 12.0. The van der Waals surface area contributed by atoms with E-state index in [9.17, 15) is 39.0 Å². The first kappa shape index (κ1) is 61.6. The first-order valence-electron chi connectivity index (χ1n) is 27.2. The quantitative estimate of drug-likeness (QED) is 0.107. The highest BCUT2D eigenvalue weighted by atomic mass is 32.1. The minimum absolute atomic E-state index is 0.0362. The maximum Gasteiger partial charge on any atom is 0.373 e. The van der Waals surface area contributed by atoms with Crippen molar-refractivity contribution in [2.75, 3.05) is 27.9 Å². The van der Waals surface area contributed by atoms with Crippen LogP contribution in [0.2, 0.25) is 0 Å². The van der Waals surface area contributed by atoms with E-state index in [1.807, 2.05) is 77.4 Å². The molecule has 1 aromatic rings. The highest BCUT2D eigenvalue weighted by Gasteiger charge is 2.53. The molecule has 1 aliphatic carbocycles. The molecule has 17 heteroatoms. The van der Waals surface area contributed by atoms with Gasteiger partial charge in [0, 0.05) is 65.4 Å². The van der Waals surface area contributed by atoms with Crippen LogP contribution in [-0.2, 0) is 63.7 Å². The zero-order valence-corrected chi connectivity index (χ0v) is 47.4. The first-order valence-corrected chi connectivity index (χ1v) is 28.0. The van der Waals surface area contributed by atoms with Gasteiger partial charge in [0.1, 0.15) is 17.9 Å². The molecule has 1 saturated carbocycles. The highest BCUT2D eigenvalue weighted by molar-refractivity contribution is 7.09. The van der Waals surface area contributed by atoms with E-state index in [1.54, 1.807) is 45.6 Å². The van der Waals surface area contributed by atoms with Crippen LogP contribution in [-0.4, -0.2) is 133 Å². The van der Waals surface area contributed by atoms with Gasteiger partial charge in [0.15, 0.2) is 23.7 Å². The van der Waals surface area contributed by atoms with Gasteiger partial charge in [-0.3, -0.25) is 19.2 Å². The minimum atomic E-state index is -2.45. The molecule has 3 fully saturated rings. The number of aliphatic hydroxyl groups is 2. The van der Waals surface area contributed by atoms with Gasteiger partial charge >= 0.3 is 11.9 Å². The Kier molecular flexibility index (Phi) is 23.3. The molecule has 15 atom stereocenters. The van der Waals surface area contributed by atoms with Gasteiger partial charge in [-0.25, -0.2) is 9.59 Å². The monoisotopic (exact) mass is 1070 g/mol. The van der Waals surface area contributed by atoms with E-state index in [4.69, 9.17) is 28.4 Å². The number of aryl methyl sites for hydroxylation is 1. The third-order valence-electron chi connectivity index (χ3n) is 16.3. The average Bonchev–Trinajstić information content (AvgIpc) is 3.69. The summed E-state index contributed by atoms with van der Waals surface area (Å²) >= 11 is 1.50. The fourth-order valence-electron chi connectivity index (χ4n) is 11.2. The van der Waals surface area contributed by atoms with Crippen LogP contribution in [0.5, 0.6) is 0 Å². The lowest BCUT2D eigenvalue weighted by molar-refractivity contribution is -0.687. The molecule has 1 aromatic heterocycles. The second kappa shape index (κ2) is 28.4. The Morgan fingerprint density at radius 2 is 1.61 bits per heavy atom. The summed E-state index contributed by atoms with van der Waals surface area (Å²) in [4.78, 5) is 88.4. The molecule has 3 aliphatic heterocycles. The lowest BCUT2D eigenvalue weighted by Crippen LogP contribution is -2.61. The van der Waals surface area contributed by atoms with Crippen LogP contribution < -0.4 is 4.57 Å². The van der Waals surface area contributed by atoms with Gasteiger partial charge in [-0.1, -0.05) is 82.4 Å². The van der Waals surface area contributed by atoms with E-state index in [1.165, 1.54) is 23.3 Å². The van der Waals surface area contributed by atoms with Gasteiger partial charge < -0.3 is 43.5 Å². The maximum atomic E-state index is 14.6. The number of rotatable bonds is 9. The van der Waals surface area contributed by atoms with Crippen LogP contribution in [0.25, 0.3) is 0 Å². The van der Waals surface area contributed by atoms with Gasteiger partial charge in [0.05, 0.1) is 29.3 Å². The fraction of sp³-hybridized carbons (Fsp3) is 0.707. The maximum absolute atomic E-state index is 14.6. The van der Waals surface area contributed by atoms with Crippen molar-refractivity contribution < 1.29 is 72.0 Å². The summed E-state index contributed by atoms with van der Waals surface area (Å²) in [6.07, 6.45) is 10.9. The first-order chi connectivity index (χ1) is 35.5. The van der Waals surface area contributed by atoms with E-state index in [2.05, 4.69) is 0 Å². The molecule has 0 spiro atoms. The zero-order chi connectivity index (χ0) is 55.3. The highest BCUT2D eigenvalue weighted by Crippen LogP contribution is 2.38. The number of fused-ring (bicyclic) bond motifs is 3. The van der Waals surface area contributed by atoms with Crippen molar-refractivity contribution in [3.8, 4) is 0 Å². The number of carbonyl (C=O) groups excluding carboxylic acids is 6. The Labute approximate surface area is 449 Å². The SMILES string of the molecule is CO[C@H]1C[C@@H]2CC[C@@H](C)[C@@](O)(O2)C(=O)C(=O)N2CCCC[C@H]2C(=O)O[C@H]([C@H](C)C[C@@H]2CC[C@@H](O)[C@H](OC)C2)CC(=O)[C@H](C)/C=C(\C)[C@@H](OC(=O)C[n+]2csc(C)c2C)[C@@H](OC)C(=O)[C@H](C)C[C@H](C)/C=C/C=C/C=C/1C. The largest absolute Gasteiger partial charge is 0.460 e. The number of hydrogen-bond acceptors (Lipinski definition) is 15. The number of aliphatic hydroxyl groups excluding tert-OH is 1. The van der Waals surface area contributed by atoms with Gasteiger partial charge in [-0.2, -0.15) is 4.57 Å². The third kappa shape index (κ3) is 16.2. The smallest absolute Gasteiger partial charge is 0.373 e. The Bertz CT molecular complexity index is 2270. The number of methoxy groups -OCH3 is 3. The number of amides is 1. The standard InChI is InChI=1S/C58H87N2O14S/c1-34-18-14-13-15-19-35(2)48(69-10)30-44-23-21-40(7)58(68,74-44)55(65)56(66)60-25-17-16-20-45(60)57(67)72-49(37(4)28-43-22-24-46(61)50(29-43)70-11)31-47(62)36(3)27-39(6)53(54(71-12)52(64)38(5)26-34)73-51(63)32-59-33-75-42(9)41(59)8/h13-15,18-19,27,33-34,36-38,40,43-46,48-50,53-54,61,68H,16-17,20-26,28-32H2,1-12H3/q+1/b15-13+,18-14+,35-19+,39-27+/t34-,36-,37-,38-,40-,43+,44+,45+,46-,48+,49+,50-,53-,54+,58-/m1/s1. The number of Topliss-reactive ketones (excluding diaryl/α,β-unsaturated/α-hetero) is 3. The Morgan fingerprint density at radius 3 is 2.28 bits per heavy atom. The molecule has 418 valence electrons. The molecular formula is C58H87N2O14S+. The average molecular weight is 1070 g/mol. The molecular weight excluding hydrogens is 981 g/mol. The van der Waals surface area contributed by atoms with E-state index in [0.717, 1.165) is 16.1 Å².